The maximum absolute atomic E-state index is 10.2. The van der Waals surface area contributed by atoms with Crippen molar-refractivity contribution in [1.82, 2.24) is 5.32 Å². The summed E-state index contributed by atoms with van der Waals surface area (Å²) in [6.45, 7) is 4.75. The first kappa shape index (κ1) is 22.5. The van der Waals surface area contributed by atoms with Gasteiger partial charge in [0, 0.05) is 6.54 Å². The maximum atomic E-state index is 10.2. The molecule has 0 aromatic carbocycles. The van der Waals surface area contributed by atoms with Gasteiger partial charge >= 0.3 is 35.5 Å². The molecule has 0 fully saturated rings. The van der Waals surface area contributed by atoms with Crippen molar-refractivity contribution in [3.05, 3.63) is 0 Å². The second-order valence-electron chi connectivity index (χ2n) is 3.70. The van der Waals surface area contributed by atoms with Crippen molar-refractivity contribution >= 4 is 35.5 Å². The Morgan fingerprint density at radius 1 is 0.850 bits per heavy atom. The summed E-state index contributed by atoms with van der Waals surface area (Å²) in [5, 5.41) is 11.3. The Kier molecular flexibility index (Phi) is 21.7. The van der Waals surface area contributed by atoms with Gasteiger partial charge in [0.2, 0.25) is 0 Å². The summed E-state index contributed by atoms with van der Waals surface area (Å²) in [6.07, 6.45) is 0.0245. The number of carbonyl (C=O) groups is 1. The van der Waals surface area contributed by atoms with Crippen LogP contribution < -0.4 is 5.32 Å². The average Bonchev–Trinajstić information content (AvgIpc) is 2.39. The minimum atomic E-state index is -0.855. The standard InChI is InChI=1S/C12H25NO6.Na.H/c1-13-3-5-17-7-9-19-11-10-18-8-6-16-4-2-12(14)15;;/h13H,2-11H2,1H3,(H,14,15);;. The zero-order valence-corrected chi connectivity index (χ0v) is 11.6. The van der Waals surface area contributed by atoms with Crippen LogP contribution in [0.4, 0.5) is 0 Å². The number of hydrogen-bond acceptors (Lipinski definition) is 6. The molecule has 0 saturated carbocycles. The van der Waals surface area contributed by atoms with E-state index in [0.717, 1.165) is 6.54 Å². The van der Waals surface area contributed by atoms with E-state index in [9.17, 15) is 4.79 Å². The van der Waals surface area contributed by atoms with E-state index in [1.807, 2.05) is 7.05 Å². The van der Waals surface area contributed by atoms with E-state index < -0.39 is 5.97 Å². The third kappa shape index (κ3) is 20.6. The number of rotatable bonds is 15. The van der Waals surface area contributed by atoms with Crippen LogP contribution in [0.1, 0.15) is 6.42 Å². The van der Waals surface area contributed by atoms with Crippen molar-refractivity contribution in [1.29, 1.82) is 0 Å². The molecule has 0 rings (SSSR count). The van der Waals surface area contributed by atoms with Gasteiger partial charge in [-0.2, -0.15) is 0 Å². The Morgan fingerprint density at radius 3 is 1.65 bits per heavy atom. The fraction of sp³-hybridized carbons (Fsp3) is 0.917. The molecule has 0 radical (unpaired) electrons. The molecule has 0 aliphatic carbocycles. The van der Waals surface area contributed by atoms with Crippen molar-refractivity contribution in [2.45, 2.75) is 6.42 Å². The van der Waals surface area contributed by atoms with Crippen molar-refractivity contribution < 1.29 is 28.8 Å². The molecule has 0 unspecified atom stereocenters. The van der Waals surface area contributed by atoms with Gasteiger partial charge in [0.15, 0.2) is 0 Å². The summed E-state index contributed by atoms with van der Waals surface area (Å²) in [6, 6.07) is 0. The van der Waals surface area contributed by atoms with Crippen LogP contribution >= 0.6 is 0 Å². The summed E-state index contributed by atoms with van der Waals surface area (Å²) >= 11 is 0. The van der Waals surface area contributed by atoms with Crippen LogP contribution in [0.2, 0.25) is 0 Å². The van der Waals surface area contributed by atoms with Gasteiger partial charge in [0.25, 0.3) is 0 Å². The quantitative estimate of drug-likeness (QED) is 0.299. The van der Waals surface area contributed by atoms with Gasteiger partial charge in [-0.3, -0.25) is 4.79 Å². The van der Waals surface area contributed by atoms with Gasteiger partial charge in [-0.05, 0) is 7.05 Å². The van der Waals surface area contributed by atoms with Crippen LogP contribution in [0, 0.1) is 0 Å². The monoisotopic (exact) mass is 303 g/mol. The van der Waals surface area contributed by atoms with Gasteiger partial charge in [0.1, 0.15) is 0 Å². The summed E-state index contributed by atoms with van der Waals surface area (Å²) in [7, 11) is 1.88. The van der Waals surface area contributed by atoms with Crippen LogP contribution in [0.5, 0.6) is 0 Å². The normalized spacial score (nSPS) is 10.2. The van der Waals surface area contributed by atoms with Crippen LogP contribution in [0.25, 0.3) is 0 Å². The molecular weight excluding hydrogens is 277 g/mol. The van der Waals surface area contributed by atoms with Crippen LogP contribution in [-0.2, 0) is 23.7 Å². The molecule has 116 valence electrons. The fourth-order valence-electron chi connectivity index (χ4n) is 1.10. The summed E-state index contributed by atoms with van der Waals surface area (Å²) in [4.78, 5) is 10.2. The molecular formula is C12H26NNaO6. The van der Waals surface area contributed by atoms with E-state index in [4.69, 9.17) is 24.1 Å². The van der Waals surface area contributed by atoms with Crippen LogP contribution in [0.15, 0.2) is 0 Å². The number of carboxylic acids is 1. The summed E-state index contributed by atoms with van der Waals surface area (Å²) in [5.41, 5.74) is 0. The van der Waals surface area contributed by atoms with Gasteiger partial charge in [-0.15, -0.1) is 0 Å². The second kappa shape index (κ2) is 19.3. The van der Waals surface area contributed by atoms with Crippen molar-refractivity contribution in [3.8, 4) is 0 Å². The first-order valence-electron chi connectivity index (χ1n) is 6.44. The van der Waals surface area contributed by atoms with Crippen molar-refractivity contribution in [2.75, 3.05) is 66.4 Å². The third-order valence-corrected chi connectivity index (χ3v) is 2.07. The predicted molar refractivity (Wildman–Crippen MR) is 76.6 cm³/mol. The van der Waals surface area contributed by atoms with E-state index >= 15 is 0 Å². The Balaban J connectivity index is 0. The SMILES string of the molecule is CNCCOCCOCCOCCOCCC(=O)O.[NaH]. The molecule has 0 aromatic rings. The fourth-order valence-corrected chi connectivity index (χ4v) is 1.10. The van der Waals surface area contributed by atoms with Gasteiger partial charge in [-0.1, -0.05) is 0 Å². The number of likely N-dealkylation sites (N-methyl/N-ethyl adjacent to an activating group) is 1. The number of nitrogens with one attached hydrogen (secondary N) is 1. The van der Waals surface area contributed by atoms with Crippen molar-refractivity contribution in [2.24, 2.45) is 0 Å². The Bertz CT molecular complexity index is 208. The van der Waals surface area contributed by atoms with Crippen molar-refractivity contribution in [3.63, 3.8) is 0 Å². The Labute approximate surface area is 142 Å². The molecule has 0 amide bonds. The van der Waals surface area contributed by atoms with Gasteiger partial charge in [-0.25, -0.2) is 0 Å². The molecule has 0 bridgehead atoms. The molecule has 20 heavy (non-hydrogen) atoms. The first-order chi connectivity index (χ1) is 9.27. The predicted octanol–water partition coefficient (Wildman–Crippen LogP) is -0.902. The Morgan fingerprint density at radius 2 is 1.25 bits per heavy atom. The Hall–Kier alpha value is 0.270. The van der Waals surface area contributed by atoms with E-state index in [2.05, 4.69) is 5.32 Å². The summed E-state index contributed by atoms with van der Waals surface area (Å²) < 4.78 is 20.8. The zero-order chi connectivity index (χ0) is 14.2. The molecule has 0 atom stereocenters. The average molecular weight is 303 g/mol. The zero-order valence-electron chi connectivity index (χ0n) is 11.6. The minimum absolute atomic E-state index is 0. The van der Waals surface area contributed by atoms with Crippen LogP contribution in [-0.4, -0.2) is 107 Å². The molecule has 0 aliphatic rings. The molecule has 0 aromatic heterocycles. The number of aliphatic carboxylic acids is 1. The van der Waals surface area contributed by atoms with E-state index in [0.29, 0.717) is 46.2 Å². The number of carboxylic acid groups (broad SMARTS) is 1. The van der Waals surface area contributed by atoms with E-state index in [1.54, 1.807) is 0 Å². The van der Waals surface area contributed by atoms with Gasteiger partial charge in [0.05, 0.1) is 59.3 Å². The first-order valence-corrected chi connectivity index (χ1v) is 6.44. The molecule has 2 N–H and O–H groups in total. The molecule has 7 nitrogen and oxygen atoms in total. The molecule has 8 heteroatoms. The van der Waals surface area contributed by atoms with Crippen LogP contribution in [0.3, 0.4) is 0 Å². The number of hydrogen-bond donors (Lipinski definition) is 2. The molecule has 0 saturated heterocycles. The van der Waals surface area contributed by atoms with Gasteiger partial charge < -0.3 is 29.4 Å². The molecule has 0 heterocycles. The molecule has 0 spiro atoms. The van der Waals surface area contributed by atoms with E-state index in [-0.39, 0.29) is 42.6 Å². The van der Waals surface area contributed by atoms with E-state index in [1.165, 1.54) is 0 Å². The molecule has 0 aliphatic heterocycles. The third-order valence-electron chi connectivity index (χ3n) is 2.07. The summed E-state index contributed by atoms with van der Waals surface area (Å²) in [5.74, 6) is -0.855. The number of ether oxygens (including phenoxy) is 4. The second-order valence-corrected chi connectivity index (χ2v) is 3.70. The topological polar surface area (TPSA) is 86.3 Å².